The molecule has 2 heterocycles. The Morgan fingerprint density at radius 3 is 2.72 bits per heavy atom. The summed E-state index contributed by atoms with van der Waals surface area (Å²) in [5.41, 5.74) is 8.34. The summed E-state index contributed by atoms with van der Waals surface area (Å²) in [4.78, 5) is 28.1. The monoisotopic (exact) mass is 454 g/mol. The van der Waals surface area contributed by atoms with Crippen LogP contribution in [0.3, 0.4) is 0 Å². The number of rotatable bonds is 10. The zero-order valence-corrected chi connectivity index (χ0v) is 19.9. The molecule has 1 aromatic carbocycles. The summed E-state index contributed by atoms with van der Waals surface area (Å²) in [6, 6.07) is 5.81. The first-order chi connectivity index (χ1) is 15.3. The molecule has 3 N–H and O–H groups in total. The fraction of sp³-hybridized carbons (Fsp3) is 0.417. The maximum absolute atomic E-state index is 12.1. The number of carbonyl (C=O) groups is 1. The summed E-state index contributed by atoms with van der Waals surface area (Å²) >= 11 is 6.50. The van der Waals surface area contributed by atoms with Crippen molar-refractivity contribution in [2.24, 2.45) is 5.73 Å². The number of aromatic nitrogens is 3. The van der Waals surface area contributed by atoms with E-state index < -0.39 is 5.91 Å². The van der Waals surface area contributed by atoms with Crippen LogP contribution in [-0.4, -0.2) is 51.4 Å². The van der Waals surface area contributed by atoms with Crippen LogP contribution in [0.4, 0.5) is 5.82 Å². The van der Waals surface area contributed by atoms with Crippen LogP contribution in [0, 0.1) is 6.92 Å². The van der Waals surface area contributed by atoms with Gasteiger partial charge in [-0.1, -0.05) is 25.4 Å². The van der Waals surface area contributed by atoms with Gasteiger partial charge < -0.3 is 16.0 Å². The van der Waals surface area contributed by atoms with Crippen molar-refractivity contribution >= 4 is 34.2 Å². The first-order valence-corrected chi connectivity index (χ1v) is 11.4. The van der Waals surface area contributed by atoms with Crippen molar-refractivity contribution in [2.75, 3.05) is 25.0 Å². The lowest BCUT2D eigenvalue weighted by Gasteiger charge is -2.20. The number of amides is 1. The molecule has 0 spiro atoms. The highest BCUT2D eigenvalue weighted by atomic mass is 35.5. The van der Waals surface area contributed by atoms with Crippen LogP contribution in [0.1, 0.15) is 49.7 Å². The fourth-order valence-corrected chi connectivity index (χ4v) is 4.06. The lowest BCUT2D eigenvalue weighted by molar-refractivity contribution is 0.0996. The van der Waals surface area contributed by atoms with E-state index in [2.05, 4.69) is 41.0 Å². The Labute approximate surface area is 194 Å². The molecule has 0 fully saturated rings. The standard InChI is InChI=1S/C24H31ClN6O/c1-5-31(6-2)12-8-9-16(4)29-19-14-28-23(24(26)32)22(30-19)18-13-15(3)20(25)17-10-7-11-27-21(17)18/h7,10-11,13-14,16H,5-6,8-9,12H2,1-4H3,(H2,26,32)(H,29,30). The highest BCUT2D eigenvalue weighted by Crippen LogP contribution is 2.35. The quantitative estimate of drug-likeness (QED) is 0.461. The molecule has 3 aromatic rings. The van der Waals surface area contributed by atoms with E-state index in [-0.39, 0.29) is 11.7 Å². The average Bonchev–Trinajstić information content (AvgIpc) is 2.79. The third-order valence-electron chi connectivity index (χ3n) is 5.67. The normalized spacial score (nSPS) is 12.3. The lowest BCUT2D eigenvalue weighted by Crippen LogP contribution is -2.26. The van der Waals surface area contributed by atoms with Gasteiger partial charge in [0.2, 0.25) is 0 Å². The molecule has 7 nitrogen and oxygen atoms in total. The molecule has 170 valence electrons. The van der Waals surface area contributed by atoms with E-state index in [4.69, 9.17) is 22.3 Å². The molecular weight excluding hydrogens is 424 g/mol. The number of nitrogens with zero attached hydrogens (tertiary/aromatic N) is 4. The van der Waals surface area contributed by atoms with Crippen molar-refractivity contribution in [3.05, 3.63) is 46.9 Å². The van der Waals surface area contributed by atoms with Crippen LogP contribution in [0.2, 0.25) is 5.02 Å². The van der Waals surface area contributed by atoms with Gasteiger partial charge in [-0.25, -0.2) is 9.97 Å². The molecule has 1 atom stereocenters. The van der Waals surface area contributed by atoms with E-state index in [0.29, 0.717) is 27.6 Å². The minimum Gasteiger partial charge on any atom is -0.366 e. The molecule has 8 heteroatoms. The van der Waals surface area contributed by atoms with Gasteiger partial charge in [0.05, 0.1) is 16.7 Å². The molecule has 0 saturated heterocycles. The summed E-state index contributed by atoms with van der Waals surface area (Å²) in [6.07, 6.45) is 5.33. The number of pyridine rings is 1. The Hall–Kier alpha value is -2.77. The Morgan fingerprint density at radius 2 is 2.03 bits per heavy atom. The molecule has 1 unspecified atom stereocenters. The Kier molecular flexibility index (Phi) is 7.99. The fourth-order valence-electron chi connectivity index (χ4n) is 3.85. The first kappa shape index (κ1) is 23.9. The van der Waals surface area contributed by atoms with Gasteiger partial charge in [-0.3, -0.25) is 9.78 Å². The molecule has 2 aromatic heterocycles. The zero-order valence-electron chi connectivity index (χ0n) is 19.2. The number of benzene rings is 1. The molecule has 0 aliphatic heterocycles. The smallest absolute Gasteiger partial charge is 0.269 e. The summed E-state index contributed by atoms with van der Waals surface area (Å²) in [6.45, 7) is 11.6. The number of fused-ring (bicyclic) bond motifs is 1. The van der Waals surface area contributed by atoms with Crippen molar-refractivity contribution in [2.45, 2.75) is 46.6 Å². The second kappa shape index (κ2) is 10.7. The highest BCUT2D eigenvalue weighted by molar-refractivity contribution is 6.36. The number of halogens is 1. The summed E-state index contributed by atoms with van der Waals surface area (Å²) < 4.78 is 0. The van der Waals surface area contributed by atoms with Gasteiger partial charge in [0, 0.05) is 23.2 Å². The number of nitrogens with two attached hydrogens (primary N) is 1. The van der Waals surface area contributed by atoms with Crippen molar-refractivity contribution in [3.8, 4) is 11.3 Å². The SMILES string of the molecule is CCN(CC)CCCC(C)Nc1cnc(C(N)=O)c(-c2cc(C)c(Cl)c3cccnc23)n1. The van der Waals surface area contributed by atoms with Crippen LogP contribution in [0.5, 0.6) is 0 Å². The molecule has 0 aliphatic carbocycles. The van der Waals surface area contributed by atoms with E-state index in [1.165, 1.54) is 0 Å². The number of primary amides is 1. The van der Waals surface area contributed by atoms with E-state index in [1.54, 1.807) is 12.4 Å². The molecule has 0 aliphatic rings. The minimum atomic E-state index is -0.636. The highest BCUT2D eigenvalue weighted by Gasteiger charge is 2.20. The van der Waals surface area contributed by atoms with E-state index in [0.717, 1.165) is 43.4 Å². The summed E-state index contributed by atoms with van der Waals surface area (Å²) in [7, 11) is 0. The Balaban J connectivity index is 1.93. The lowest BCUT2D eigenvalue weighted by atomic mass is 10.0. The summed E-state index contributed by atoms with van der Waals surface area (Å²) in [5, 5.41) is 4.83. The van der Waals surface area contributed by atoms with Gasteiger partial charge in [-0.05, 0) is 70.1 Å². The zero-order chi connectivity index (χ0) is 23.3. The predicted molar refractivity (Wildman–Crippen MR) is 131 cm³/mol. The molecule has 1 amide bonds. The third kappa shape index (κ3) is 5.34. The van der Waals surface area contributed by atoms with Crippen LogP contribution in [0.15, 0.2) is 30.6 Å². The molecule has 32 heavy (non-hydrogen) atoms. The van der Waals surface area contributed by atoms with Crippen molar-refractivity contribution in [3.63, 3.8) is 0 Å². The predicted octanol–water partition coefficient (Wildman–Crippen LogP) is 4.67. The van der Waals surface area contributed by atoms with Crippen LogP contribution >= 0.6 is 11.6 Å². The van der Waals surface area contributed by atoms with Gasteiger partial charge in [0.15, 0.2) is 5.69 Å². The van der Waals surface area contributed by atoms with E-state index >= 15 is 0 Å². The van der Waals surface area contributed by atoms with Crippen LogP contribution in [-0.2, 0) is 0 Å². The number of anilines is 1. The minimum absolute atomic E-state index is 0.110. The van der Waals surface area contributed by atoms with Crippen LogP contribution in [0.25, 0.3) is 22.2 Å². The largest absolute Gasteiger partial charge is 0.366 e. The van der Waals surface area contributed by atoms with Gasteiger partial charge >= 0.3 is 0 Å². The van der Waals surface area contributed by atoms with E-state index in [9.17, 15) is 4.79 Å². The van der Waals surface area contributed by atoms with Gasteiger partial charge in [-0.2, -0.15) is 0 Å². The van der Waals surface area contributed by atoms with Gasteiger partial charge in [0.1, 0.15) is 11.5 Å². The van der Waals surface area contributed by atoms with E-state index in [1.807, 2.05) is 25.1 Å². The maximum atomic E-state index is 12.1. The first-order valence-electron chi connectivity index (χ1n) is 11.1. The van der Waals surface area contributed by atoms with Crippen molar-refractivity contribution in [1.82, 2.24) is 19.9 Å². The topological polar surface area (TPSA) is 97.0 Å². The van der Waals surface area contributed by atoms with Crippen LogP contribution < -0.4 is 11.1 Å². The second-order valence-corrected chi connectivity index (χ2v) is 8.36. The summed E-state index contributed by atoms with van der Waals surface area (Å²) in [5.74, 6) is -0.0416. The maximum Gasteiger partial charge on any atom is 0.269 e. The molecular formula is C24H31ClN6O. The molecule has 0 saturated carbocycles. The van der Waals surface area contributed by atoms with Crippen molar-refractivity contribution in [1.29, 1.82) is 0 Å². The average molecular weight is 455 g/mol. The van der Waals surface area contributed by atoms with Gasteiger partial charge in [-0.15, -0.1) is 0 Å². The number of hydrogen-bond acceptors (Lipinski definition) is 6. The molecule has 0 bridgehead atoms. The molecule has 0 radical (unpaired) electrons. The van der Waals surface area contributed by atoms with Crippen molar-refractivity contribution < 1.29 is 4.79 Å². The second-order valence-electron chi connectivity index (χ2n) is 7.99. The van der Waals surface area contributed by atoms with Gasteiger partial charge in [0.25, 0.3) is 5.91 Å². The number of hydrogen-bond donors (Lipinski definition) is 2. The number of carbonyl (C=O) groups excluding carboxylic acids is 1. The molecule has 3 rings (SSSR count). The number of aryl methyl sites for hydroxylation is 1. The third-order valence-corrected chi connectivity index (χ3v) is 6.17. The Bertz CT molecular complexity index is 1100. The Morgan fingerprint density at radius 1 is 1.28 bits per heavy atom. The number of nitrogens with one attached hydrogen (secondary N) is 1.